The van der Waals surface area contributed by atoms with Gasteiger partial charge in [-0.1, -0.05) is 26.0 Å². The molecule has 9 heteroatoms. The van der Waals surface area contributed by atoms with Crippen molar-refractivity contribution in [2.24, 2.45) is 0 Å². The highest BCUT2D eigenvalue weighted by Crippen LogP contribution is 2.36. The third kappa shape index (κ3) is 5.93. The van der Waals surface area contributed by atoms with Crippen molar-refractivity contribution < 1.29 is 31.4 Å². The van der Waals surface area contributed by atoms with E-state index in [2.05, 4.69) is 4.98 Å². The summed E-state index contributed by atoms with van der Waals surface area (Å²) in [4.78, 5) is 3.79. The predicted octanol–water partition coefficient (Wildman–Crippen LogP) is 4.49. The molecule has 0 bridgehead atoms. The van der Waals surface area contributed by atoms with E-state index in [1.165, 1.54) is 24.3 Å². The molecule has 0 unspecified atom stereocenters. The van der Waals surface area contributed by atoms with Crippen LogP contribution in [-0.2, 0) is 16.0 Å². The van der Waals surface area contributed by atoms with E-state index in [9.17, 15) is 26.7 Å². The van der Waals surface area contributed by atoms with E-state index >= 15 is 0 Å². The highest BCUT2D eigenvalue weighted by atomic mass is 32.2. The number of sulfone groups is 1. The number of alkyl halides is 3. The Hall–Kier alpha value is -2.13. The maximum absolute atomic E-state index is 13.2. The summed E-state index contributed by atoms with van der Waals surface area (Å²) < 4.78 is 68.8. The predicted molar refractivity (Wildman–Crippen MR) is 103 cm³/mol. The van der Waals surface area contributed by atoms with Gasteiger partial charge in [-0.05, 0) is 36.6 Å². The minimum absolute atomic E-state index is 0.0234. The van der Waals surface area contributed by atoms with Crippen molar-refractivity contribution in [1.29, 1.82) is 0 Å². The molecule has 0 atom stereocenters. The molecular weight excluding hydrogens is 407 g/mol. The first-order valence-electron chi connectivity index (χ1n) is 9.12. The average Bonchev–Trinajstić information content (AvgIpc) is 2.66. The van der Waals surface area contributed by atoms with Crippen LogP contribution in [0.5, 0.6) is 5.88 Å². The molecule has 2 aromatic rings. The second-order valence-corrected chi connectivity index (χ2v) is 8.92. The van der Waals surface area contributed by atoms with Gasteiger partial charge in [-0.3, -0.25) is 0 Å². The number of benzene rings is 1. The van der Waals surface area contributed by atoms with Crippen molar-refractivity contribution in [1.82, 2.24) is 4.98 Å². The van der Waals surface area contributed by atoms with E-state index < -0.39 is 27.2 Å². The van der Waals surface area contributed by atoms with Gasteiger partial charge in [0.25, 0.3) is 0 Å². The number of pyridine rings is 1. The van der Waals surface area contributed by atoms with Crippen LogP contribution in [-0.4, -0.2) is 37.0 Å². The fourth-order valence-electron chi connectivity index (χ4n) is 2.76. The summed E-state index contributed by atoms with van der Waals surface area (Å²) in [7, 11) is -3.54. The zero-order chi connectivity index (χ0) is 21.9. The number of aliphatic hydroxyl groups is 1. The summed E-state index contributed by atoms with van der Waals surface area (Å²) in [6, 6.07) is 6.47. The smallest absolute Gasteiger partial charge is 0.417 e. The van der Waals surface area contributed by atoms with Crippen LogP contribution in [0.2, 0.25) is 0 Å². The van der Waals surface area contributed by atoms with Crippen LogP contribution in [0.3, 0.4) is 0 Å². The zero-order valence-electron chi connectivity index (χ0n) is 16.5. The van der Waals surface area contributed by atoms with E-state index in [-0.39, 0.29) is 34.9 Å². The van der Waals surface area contributed by atoms with Gasteiger partial charge >= 0.3 is 6.18 Å². The van der Waals surface area contributed by atoms with Crippen molar-refractivity contribution in [3.63, 3.8) is 0 Å². The summed E-state index contributed by atoms with van der Waals surface area (Å²) >= 11 is 0. The molecule has 0 fully saturated rings. The quantitative estimate of drug-likeness (QED) is 0.666. The lowest BCUT2D eigenvalue weighted by atomic mass is 9.94. The van der Waals surface area contributed by atoms with E-state index in [0.29, 0.717) is 19.0 Å². The number of ether oxygens (including phenoxy) is 1. The number of rotatable bonds is 8. The summed E-state index contributed by atoms with van der Waals surface area (Å²) in [6.07, 6.45) is -1.62. The molecule has 0 aliphatic heterocycles. The second-order valence-electron chi connectivity index (χ2n) is 6.90. The molecule has 0 aliphatic rings. The SMILES string of the molecule is CCC(O)(CC)CCOc1ncc(C(F)(F)F)cc1-c1cccc(S(C)(=O)=O)c1. The Bertz CT molecular complexity index is 954. The van der Waals surface area contributed by atoms with Gasteiger partial charge < -0.3 is 9.84 Å². The molecule has 29 heavy (non-hydrogen) atoms. The first-order chi connectivity index (χ1) is 13.4. The highest BCUT2D eigenvalue weighted by Gasteiger charge is 2.32. The molecule has 1 heterocycles. The molecule has 0 saturated heterocycles. The van der Waals surface area contributed by atoms with Crippen LogP contribution >= 0.6 is 0 Å². The van der Waals surface area contributed by atoms with Gasteiger partial charge in [0.15, 0.2) is 9.84 Å². The molecule has 0 aliphatic carbocycles. The summed E-state index contributed by atoms with van der Waals surface area (Å²) in [5, 5.41) is 10.4. The van der Waals surface area contributed by atoms with E-state index in [1.807, 2.05) is 13.8 Å². The normalized spacial score (nSPS) is 12.8. The fraction of sp³-hybridized carbons (Fsp3) is 0.450. The van der Waals surface area contributed by atoms with Gasteiger partial charge in [-0.25, -0.2) is 13.4 Å². The number of hydrogen-bond donors (Lipinski definition) is 1. The summed E-state index contributed by atoms with van der Waals surface area (Å²) in [5.41, 5.74) is -1.63. The molecule has 0 saturated carbocycles. The first kappa shape index (κ1) is 23.2. The van der Waals surface area contributed by atoms with Gasteiger partial charge in [-0.2, -0.15) is 13.2 Å². The van der Waals surface area contributed by atoms with Crippen LogP contribution in [0.25, 0.3) is 11.1 Å². The van der Waals surface area contributed by atoms with Crippen molar-refractivity contribution >= 4 is 9.84 Å². The molecule has 0 radical (unpaired) electrons. The minimum Gasteiger partial charge on any atom is -0.477 e. The van der Waals surface area contributed by atoms with Gasteiger partial charge in [0, 0.05) is 24.4 Å². The molecule has 2 rings (SSSR count). The van der Waals surface area contributed by atoms with Gasteiger partial charge in [0.2, 0.25) is 5.88 Å². The van der Waals surface area contributed by atoms with E-state index in [1.54, 1.807) is 0 Å². The maximum Gasteiger partial charge on any atom is 0.417 e. The van der Waals surface area contributed by atoms with Crippen molar-refractivity contribution in [2.45, 2.75) is 49.8 Å². The zero-order valence-corrected chi connectivity index (χ0v) is 17.3. The minimum atomic E-state index is -4.61. The molecule has 1 aromatic heterocycles. The van der Waals surface area contributed by atoms with Crippen molar-refractivity contribution in [2.75, 3.05) is 12.9 Å². The van der Waals surface area contributed by atoms with E-state index in [4.69, 9.17) is 4.74 Å². The Morgan fingerprint density at radius 2 is 1.79 bits per heavy atom. The Balaban J connectivity index is 2.45. The van der Waals surface area contributed by atoms with Crippen LogP contribution < -0.4 is 4.74 Å². The van der Waals surface area contributed by atoms with E-state index in [0.717, 1.165) is 12.3 Å². The second kappa shape index (κ2) is 8.71. The summed E-state index contributed by atoms with van der Waals surface area (Å²) in [6.45, 7) is 3.72. The standard InChI is InChI=1S/C20H24F3NO4S/c1-4-19(25,5-2)9-10-28-18-17(12-15(13-24-18)20(21,22)23)14-7-6-8-16(11-14)29(3,26)27/h6-8,11-13,25H,4-5,9-10H2,1-3H3. The Morgan fingerprint density at radius 3 is 2.34 bits per heavy atom. The number of halogens is 3. The fourth-order valence-corrected chi connectivity index (χ4v) is 3.43. The largest absolute Gasteiger partial charge is 0.477 e. The van der Waals surface area contributed by atoms with Crippen LogP contribution in [0.1, 0.15) is 38.7 Å². The maximum atomic E-state index is 13.2. The van der Waals surface area contributed by atoms with Crippen molar-refractivity contribution in [3.8, 4) is 17.0 Å². The first-order valence-corrected chi connectivity index (χ1v) is 11.0. The van der Waals surface area contributed by atoms with Crippen molar-refractivity contribution in [3.05, 3.63) is 42.1 Å². The molecule has 160 valence electrons. The monoisotopic (exact) mass is 431 g/mol. The molecule has 0 spiro atoms. The lowest BCUT2D eigenvalue weighted by Crippen LogP contribution is -2.29. The Morgan fingerprint density at radius 1 is 1.14 bits per heavy atom. The molecule has 0 amide bonds. The van der Waals surface area contributed by atoms with Crippen LogP contribution in [0.15, 0.2) is 41.4 Å². The topological polar surface area (TPSA) is 76.5 Å². The van der Waals surface area contributed by atoms with Gasteiger partial charge in [0.1, 0.15) is 0 Å². The Labute approximate surface area is 168 Å². The average molecular weight is 431 g/mol. The number of nitrogens with zero attached hydrogens (tertiary/aromatic N) is 1. The molecular formula is C20H24F3NO4S. The summed E-state index contributed by atoms with van der Waals surface area (Å²) in [5.74, 6) is -0.0572. The molecule has 1 N–H and O–H groups in total. The molecule has 5 nitrogen and oxygen atoms in total. The highest BCUT2D eigenvalue weighted by molar-refractivity contribution is 7.90. The lowest BCUT2D eigenvalue weighted by molar-refractivity contribution is -0.137. The van der Waals surface area contributed by atoms with Gasteiger partial charge in [-0.15, -0.1) is 0 Å². The van der Waals surface area contributed by atoms with Gasteiger partial charge in [0.05, 0.1) is 22.7 Å². The Kier molecular flexibility index (Phi) is 6.95. The number of hydrogen-bond acceptors (Lipinski definition) is 5. The lowest BCUT2D eigenvalue weighted by Gasteiger charge is -2.25. The number of aromatic nitrogens is 1. The third-order valence-corrected chi connectivity index (χ3v) is 5.98. The van der Waals surface area contributed by atoms with Crippen LogP contribution in [0.4, 0.5) is 13.2 Å². The third-order valence-electron chi connectivity index (χ3n) is 4.87. The van der Waals surface area contributed by atoms with Crippen LogP contribution in [0, 0.1) is 0 Å². The molecule has 1 aromatic carbocycles.